The van der Waals surface area contributed by atoms with E-state index < -0.39 is 10.0 Å². The SMILES string of the molecule is CCCCCS(=O)(=O)N1CCc2ccccc2C1. The molecule has 0 fully saturated rings. The van der Waals surface area contributed by atoms with E-state index in [1.54, 1.807) is 4.31 Å². The third-order valence-electron chi connectivity index (χ3n) is 3.49. The zero-order chi connectivity index (χ0) is 13.0. The van der Waals surface area contributed by atoms with Crippen LogP contribution in [0.15, 0.2) is 24.3 Å². The number of rotatable bonds is 5. The largest absolute Gasteiger partial charge is 0.214 e. The van der Waals surface area contributed by atoms with Crippen LogP contribution < -0.4 is 0 Å². The predicted octanol–water partition coefficient (Wildman–Crippen LogP) is 2.56. The molecule has 1 aromatic carbocycles. The van der Waals surface area contributed by atoms with Crippen LogP contribution in [0.4, 0.5) is 0 Å². The van der Waals surface area contributed by atoms with Crippen LogP contribution in [-0.2, 0) is 23.0 Å². The fourth-order valence-corrected chi connectivity index (χ4v) is 3.90. The van der Waals surface area contributed by atoms with Gasteiger partial charge in [-0.2, -0.15) is 4.31 Å². The predicted molar refractivity (Wildman–Crippen MR) is 73.9 cm³/mol. The summed E-state index contributed by atoms with van der Waals surface area (Å²) < 4.78 is 26.0. The molecule has 4 heteroatoms. The summed E-state index contributed by atoms with van der Waals surface area (Å²) in [4.78, 5) is 0. The summed E-state index contributed by atoms with van der Waals surface area (Å²) in [6.45, 7) is 3.26. The van der Waals surface area contributed by atoms with E-state index in [0.717, 1.165) is 31.2 Å². The van der Waals surface area contributed by atoms with E-state index in [2.05, 4.69) is 13.0 Å². The highest BCUT2D eigenvalue weighted by atomic mass is 32.2. The summed E-state index contributed by atoms with van der Waals surface area (Å²) in [5.74, 6) is 0.295. The first kappa shape index (κ1) is 13.6. The van der Waals surface area contributed by atoms with E-state index in [1.165, 1.54) is 5.56 Å². The van der Waals surface area contributed by atoms with E-state index in [0.29, 0.717) is 18.8 Å². The lowest BCUT2D eigenvalue weighted by Gasteiger charge is -2.28. The summed E-state index contributed by atoms with van der Waals surface area (Å²) in [5, 5.41) is 0. The topological polar surface area (TPSA) is 37.4 Å². The minimum Gasteiger partial charge on any atom is -0.212 e. The first-order valence-corrected chi connectivity index (χ1v) is 8.29. The molecule has 0 amide bonds. The van der Waals surface area contributed by atoms with Crippen molar-refractivity contribution in [3.8, 4) is 0 Å². The zero-order valence-electron chi connectivity index (χ0n) is 10.9. The van der Waals surface area contributed by atoms with Crippen LogP contribution in [0.2, 0.25) is 0 Å². The van der Waals surface area contributed by atoms with Gasteiger partial charge >= 0.3 is 0 Å². The van der Waals surface area contributed by atoms with Gasteiger partial charge in [0.1, 0.15) is 0 Å². The van der Waals surface area contributed by atoms with E-state index in [4.69, 9.17) is 0 Å². The number of fused-ring (bicyclic) bond motifs is 1. The van der Waals surface area contributed by atoms with Crippen molar-refractivity contribution in [3.05, 3.63) is 35.4 Å². The van der Waals surface area contributed by atoms with Crippen molar-refractivity contribution < 1.29 is 8.42 Å². The molecule has 1 aromatic rings. The van der Waals surface area contributed by atoms with Gasteiger partial charge in [0.2, 0.25) is 10.0 Å². The van der Waals surface area contributed by atoms with Crippen molar-refractivity contribution in [2.45, 2.75) is 39.2 Å². The van der Waals surface area contributed by atoms with Crippen molar-refractivity contribution in [2.75, 3.05) is 12.3 Å². The summed E-state index contributed by atoms with van der Waals surface area (Å²) in [5.41, 5.74) is 2.44. The summed E-state index contributed by atoms with van der Waals surface area (Å²) in [6.07, 6.45) is 3.65. The maximum atomic E-state index is 12.2. The third-order valence-corrected chi connectivity index (χ3v) is 5.40. The average Bonchev–Trinajstić information content (AvgIpc) is 2.38. The Labute approximate surface area is 110 Å². The second kappa shape index (κ2) is 5.85. The van der Waals surface area contributed by atoms with Crippen LogP contribution in [0.3, 0.4) is 0 Å². The van der Waals surface area contributed by atoms with Gasteiger partial charge in [0.15, 0.2) is 0 Å². The normalized spacial score (nSPS) is 16.5. The highest BCUT2D eigenvalue weighted by Crippen LogP contribution is 2.21. The van der Waals surface area contributed by atoms with Gasteiger partial charge in [-0.1, -0.05) is 44.0 Å². The van der Waals surface area contributed by atoms with Gasteiger partial charge in [0, 0.05) is 13.1 Å². The fourth-order valence-electron chi connectivity index (χ4n) is 2.37. The number of hydrogen-bond donors (Lipinski definition) is 0. The zero-order valence-corrected chi connectivity index (χ0v) is 11.7. The Hall–Kier alpha value is -0.870. The Kier molecular flexibility index (Phi) is 4.40. The van der Waals surface area contributed by atoms with Gasteiger partial charge in [-0.3, -0.25) is 0 Å². The minimum absolute atomic E-state index is 0.295. The highest BCUT2D eigenvalue weighted by molar-refractivity contribution is 7.89. The molecular weight excluding hydrogens is 246 g/mol. The van der Waals surface area contributed by atoms with Crippen LogP contribution in [0, 0.1) is 0 Å². The minimum atomic E-state index is -3.06. The van der Waals surface area contributed by atoms with Gasteiger partial charge in [0.25, 0.3) is 0 Å². The molecule has 18 heavy (non-hydrogen) atoms. The molecule has 1 aliphatic heterocycles. The molecule has 0 bridgehead atoms. The van der Waals surface area contributed by atoms with Crippen molar-refractivity contribution in [1.82, 2.24) is 4.31 Å². The summed E-state index contributed by atoms with van der Waals surface area (Å²) in [6, 6.07) is 8.12. The smallest absolute Gasteiger partial charge is 0.212 e. The summed E-state index contributed by atoms with van der Waals surface area (Å²) in [7, 11) is -3.06. The second-order valence-corrected chi connectivity index (χ2v) is 6.96. The third kappa shape index (κ3) is 3.12. The van der Waals surface area contributed by atoms with Crippen molar-refractivity contribution in [1.29, 1.82) is 0 Å². The van der Waals surface area contributed by atoms with Gasteiger partial charge in [-0.25, -0.2) is 8.42 Å². The lowest BCUT2D eigenvalue weighted by atomic mass is 10.0. The van der Waals surface area contributed by atoms with E-state index in [-0.39, 0.29) is 0 Å². The number of nitrogens with zero attached hydrogens (tertiary/aromatic N) is 1. The van der Waals surface area contributed by atoms with E-state index >= 15 is 0 Å². The Morgan fingerprint density at radius 2 is 1.89 bits per heavy atom. The molecule has 2 rings (SSSR count). The van der Waals surface area contributed by atoms with Crippen molar-refractivity contribution >= 4 is 10.0 Å². The molecule has 0 aromatic heterocycles. The van der Waals surface area contributed by atoms with E-state index in [9.17, 15) is 8.42 Å². The van der Waals surface area contributed by atoms with Crippen LogP contribution in [-0.4, -0.2) is 25.0 Å². The molecule has 0 unspecified atom stereocenters. The van der Waals surface area contributed by atoms with Gasteiger partial charge in [-0.05, 0) is 24.0 Å². The van der Waals surface area contributed by atoms with Gasteiger partial charge in [-0.15, -0.1) is 0 Å². The lowest BCUT2D eigenvalue weighted by Crippen LogP contribution is -2.37. The molecule has 3 nitrogen and oxygen atoms in total. The number of benzene rings is 1. The van der Waals surface area contributed by atoms with Crippen molar-refractivity contribution in [3.63, 3.8) is 0 Å². The van der Waals surface area contributed by atoms with Gasteiger partial charge in [0.05, 0.1) is 5.75 Å². The second-order valence-electron chi connectivity index (χ2n) is 4.88. The average molecular weight is 267 g/mol. The lowest BCUT2D eigenvalue weighted by molar-refractivity contribution is 0.390. The first-order valence-electron chi connectivity index (χ1n) is 6.68. The molecule has 0 N–H and O–H groups in total. The maximum Gasteiger partial charge on any atom is 0.214 e. The Morgan fingerprint density at radius 1 is 1.17 bits per heavy atom. The fraction of sp³-hybridized carbons (Fsp3) is 0.571. The number of hydrogen-bond acceptors (Lipinski definition) is 2. The Bertz CT molecular complexity index is 496. The molecule has 0 radical (unpaired) electrons. The molecule has 0 saturated carbocycles. The molecule has 1 heterocycles. The van der Waals surface area contributed by atoms with Crippen LogP contribution in [0.5, 0.6) is 0 Å². The first-order chi connectivity index (χ1) is 8.63. The molecule has 0 spiro atoms. The Morgan fingerprint density at radius 3 is 2.61 bits per heavy atom. The van der Waals surface area contributed by atoms with E-state index in [1.807, 2.05) is 18.2 Å². The van der Waals surface area contributed by atoms with Crippen LogP contribution in [0.25, 0.3) is 0 Å². The standard InChI is InChI=1S/C14H21NO2S/c1-2-3-6-11-18(16,17)15-10-9-13-7-4-5-8-14(13)12-15/h4-5,7-8H,2-3,6,9-12H2,1H3. The molecular formula is C14H21NO2S. The maximum absolute atomic E-state index is 12.2. The quantitative estimate of drug-likeness (QED) is 0.769. The number of sulfonamides is 1. The van der Waals surface area contributed by atoms with Crippen molar-refractivity contribution in [2.24, 2.45) is 0 Å². The Balaban J connectivity index is 2.04. The molecule has 1 aliphatic rings. The molecule has 0 saturated heterocycles. The molecule has 0 aliphatic carbocycles. The highest BCUT2D eigenvalue weighted by Gasteiger charge is 2.25. The van der Waals surface area contributed by atoms with Crippen LogP contribution in [0.1, 0.15) is 37.3 Å². The monoisotopic (exact) mass is 267 g/mol. The molecule has 100 valence electrons. The summed E-state index contributed by atoms with van der Waals surface area (Å²) >= 11 is 0. The van der Waals surface area contributed by atoms with Crippen LogP contribution >= 0.6 is 0 Å². The molecule has 0 atom stereocenters. The number of unbranched alkanes of at least 4 members (excludes halogenated alkanes) is 2. The van der Waals surface area contributed by atoms with Gasteiger partial charge < -0.3 is 0 Å².